The van der Waals surface area contributed by atoms with Crippen LogP contribution < -0.4 is 20.3 Å². The molecule has 3 aromatic carbocycles. The average Bonchev–Trinajstić information content (AvgIpc) is 3.40. The fraction of sp³-hybridized carbons (Fsp3) is 0.241. The molecule has 13 heteroatoms. The average molecular weight is 614 g/mol. The first-order chi connectivity index (χ1) is 20.2. The van der Waals surface area contributed by atoms with Crippen molar-refractivity contribution in [2.75, 3.05) is 44.8 Å². The molecule has 1 aromatic heterocycles. The van der Waals surface area contributed by atoms with E-state index in [0.29, 0.717) is 18.8 Å². The van der Waals surface area contributed by atoms with Gasteiger partial charge in [-0.25, -0.2) is 14.2 Å². The van der Waals surface area contributed by atoms with Gasteiger partial charge in [0.15, 0.2) is 4.80 Å². The summed E-state index contributed by atoms with van der Waals surface area (Å²) in [6.07, 6.45) is 0. The van der Waals surface area contributed by atoms with Crippen LogP contribution in [0, 0.1) is 5.82 Å². The first-order valence-electron chi connectivity index (χ1n) is 13.1. The Morgan fingerprint density at radius 3 is 2.38 bits per heavy atom. The second-order valence-corrected chi connectivity index (χ2v) is 11.3. The number of benzene rings is 3. The summed E-state index contributed by atoms with van der Waals surface area (Å²) in [7, 11) is -2.42. The van der Waals surface area contributed by atoms with Gasteiger partial charge in [0.1, 0.15) is 5.82 Å². The number of morpholine rings is 1. The molecule has 1 fully saturated rings. The summed E-state index contributed by atoms with van der Waals surface area (Å²) in [5, 5.41) is 7.41. The molecule has 1 aliphatic heterocycles. The molecule has 2 heterocycles. The molecule has 0 aliphatic carbocycles. The number of rotatable bonds is 7. The zero-order chi connectivity index (χ0) is 30.0. The number of hydrogen-bond acceptors (Lipinski definition) is 7. The second kappa shape index (κ2) is 14.7. The van der Waals surface area contributed by atoms with Crippen molar-refractivity contribution >= 4 is 38.9 Å². The number of halogens is 1. The highest BCUT2D eigenvalue weighted by Crippen LogP contribution is 2.25. The molecule has 5 rings (SSSR count). The molecule has 4 aromatic rings. The van der Waals surface area contributed by atoms with Gasteiger partial charge in [-0.1, -0.05) is 36.4 Å². The van der Waals surface area contributed by atoms with E-state index in [1.165, 1.54) is 41.3 Å². The van der Waals surface area contributed by atoms with Crippen molar-refractivity contribution in [3.8, 4) is 11.3 Å². The maximum absolute atomic E-state index is 13.6. The summed E-state index contributed by atoms with van der Waals surface area (Å²) < 4.78 is 50.4. The SMILES string of the molecule is CNC(=O)NCCn1c(-c2ccc(N3CCOCC3)cc2)cs/c1=N\c1cccc(F)c1.O=S(=O)(O)c1ccccc1. The number of urea groups is 1. The first kappa shape index (κ1) is 30.9. The van der Waals surface area contributed by atoms with Gasteiger partial charge in [-0.05, 0) is 48.0 Å². The van der Waals surface area contributed by atoms with E-state index in [2.05, 4.69) is 49.4 Å². The summed E-state index contributed by atoms with van der Waals surface area (Å²) in [6.45, 7) is 4.24. The zero-order valence-corrected chi connectivity index (χ0v) is 24.6. The number of anilines is 1. The van der Waals surface area contributed by atoms with Crippen LogP contribution in [0.5, 0.6) is 0 Å². The number of carbonyl (C=O) groups is 1. The van der Waals surface area contributed by atoms with Crippen LogP contribution in [0.25, 0.3) is 11.3 Å². The quantitative estimate of drug-likeness (QED) is 0.267. The minimum absolute atomic E-state index is 0.0741. The van der Waals surface area contributed by atoms with Crippen molar-refractivity contribution in [2.45, 2.75) is 11.4 Å². The number of nitrogens with one attached hydrogen (secondary N) is 2. The van der Waals surface area contributed by atoms with E-state index in [0.717, 1.165) is 42.4 Å². The molecule has 0 spiro atoms. The Balaban J connectivity index is 0.000000343. The van der Waals surface area contributed by atoms with Gasteiger partial charge in [-0.3, -0.25) is 4.55 Å². The fourth-order valence-electron chi connectivity index (χ4n) is 4.15. The predicted molar refractivity (Wildman–Crippen MR) is 161 cm³/mol. The monoisotopic (exact) mass is 613 g/mol. The Morgan fingerprint density at radius 1 is 1.05 bits per heavy atom. The Hall–Kier alpha value is -4.04. The number of carbonyl (C=O) groups excluding carboxylic acids is 1. The van der Waals surface area contributed by atoms with Crippen molar-refractivity contribution in [3.05, 3.63) is 94.9 Å². The van der Waals surface area contributed by atoms with Crippen LogP contribution in [0.1, 0.15) is 0 Å². The van der Waals surface area contributed by atoms with Gasteiger partial charge in [0, 0.05) is 44.3 Å². The summed E-state index contributed by atoms with van der Waals surface area (Å²) in [5.74, 6) is -0.324. The van der Waals surface area contributed by atoms with Crippen molar-refractivity contribution < 1.29 is 26.9 Å². The molecule has 0 bridgehead atoms. The van der Waals surface area contributed by atoms with Gasteiger partial charge in [-0.2, -0.15) is 8.42 Å². The highest BCUT2D eigenvalue weighted by atomic mass is 32.2. The van der Waals surface area contributed by atoms with Crippen molar-refractivity contribution in [2.24, 2.45) is 4.99 Å². The van der Waals surface area contributed by atoms with Crippen molar-refractivity contribution in [1.29, 1.82) is 0 Å². The summed E-state index contributed by atoms with van der Waals surface area (Å²) in [5.41, 5.74) is 3.77. The number of nitrogens with zero attached hydrogens (tertiary/aromatic N) is 3. The summed E-state index contributed by atoms with van der Waals surface area (Å²) in [6, 6.07) is 21.8. The Bertz CT molecular complexity index is 1630. The van der Waals surface area contributed by atoms with Gasteiger partial charge in [0.05, 0.1) is 29.5 Å². The van der Waals surface area contributed by atoms with E-state index >= 15 is 0 Å². The predicted octanol–water partition coefficient (Wildman–Crippen LogP) is 4.29. The fourth-order valence-corrected chi connectivity index (χ4v) is 5.60. The third-order valence-electron chi connectivity index (χ3n) is 6.26. The molecule has 222 valence electrons. The third kappa shape index (κ3) is 8.73. The van der Waals surface area contributed by atoms with Gasteiger partial charge in [-0.15, -0.1) is 11.3 Å². The lowest BCUT2D eigenvalue weighted by Gasteiger charge is -2.28. The van der Waals surface area contributed by atoms with Crippen LogP contribution in [0.4, 0.5) is 20.6 Å². The first-order valence-corrected chi connectivity index (χ1v) is 15.5. The normalized spacial score (nSPS) is 13.7. The Morgan fingerprint density at radius 2 is 1.76 bits per heavy atom. The highest BCUT2D eigenvalue weighted by Gasteiger charge is 2.13. The molecule has 0 saturated carbocycles. The van der Waals surface area contributed by atoms with Crippen LogP contribution in [-0.4, -0.2) is 63.5 Å². The largest absolute Gasteiger partial charge is 0.378 e. The molecule has 0 unspecified atom stereocenters. The van der Waals surface area contributed by atoms with Crippen LogP contribution in [-0.2, 0) is 21.4 Å². The lowest BCUT2D eigenvalue weighted by Crippen LogP contribution is -2.36. The number of hydrogen-bond donors (Lipinski definition) is 3. The molecule has 0 atom stereocenters. The highest BCUT2D eigenvalue weighted by molar-refractivity contribution is 7.85. The molecule has 2 amide bonds. The summed E-state index contributed by atoms with van der Waals surface area (Å²) >= 11 is 1.49. The number of thiazole rings is 1. The molecular formula is C29H32FN5O5S2. The lowest BCUT2D eigenvalue weighted by molar-refractivity contribution is 0.122. The van der Waals surface area contributed by atoms with E-state index in [-0.39, 0.29) is 16.7 Å². The molecule has 0 radical (unpaired) electrons. The van der Waals surface area contributed by atoms with Crippen LogP contribution in [0.2, 0.25) is 0 Å². The Kier molecular flexibility index (Phi) is 10.8. The van der Waals surface area contributed by atoms with Gasteiger partial charge in [0.25, 0.3) is 10.1 Å². The molecular weight excluding hydrogens is 581 g/mol. The van der Waals surface area contributed by atoms with E-state index in [1.54, 1.807) is 37.4 Å². The summed E-state index contributed by atoms with van der Waals surface area (Å²) in [4.78, 5) is 19.2. The Labute approximate surface area is 247 Å². The van der Waals surface area contributed by atoms with Crippen LogP contribution in [0.15, 0.2) is 94.1 Å². The van der Waals surface area contributed by atoms with E-state index in [9.17, 15) is 17.6 Å². The van der Waals surface area contributed by atoms with Gasteiger partial charge < -0.3 is 24.8 Å². The van der Waals surface area contributed by atoms with Crippen LogP contribution in [0.3, 0.4) is 0 Å². The smallest absolute Gasteiger partial charge is 0.314 e. The van der Waals surface area contributed by atoms with Crippen LogP contribution >= 0.6 is 11.3 Å². The van der Waals surface area contributed by atoms with Gasteiger partial charge >= 0.3 is 6.03 Å². The molecule has 1 aliphatic rings. The number of amides is 2. The topological polar surface area (TPSA) is 125 Å². The maximum atomic E-state index is 13.6. The zero-order valence-electron chi connectivity index (χ0n) is 22.9. The van der Waals surface area contributed by atoms with E-state index < -0.39 is 10.1 Å². The van der Waals surface area contributed by atoms with Crippen molar-refractivity contribution in [3.63, 3.8) is 0 Å². The third-order valence-corrected chi connectivity index (χ3v) is 7.99. The maximum Gasteiger partial charge on any atom is 0.314 e. The van der Waals surface area contributed by atoms with Gasteiger partial charge in [0.2, 0.25) is 0 Å². The van der Waals surface area contributed by atoms with E-state index in [4.69, 9.17) is 9.29 Å². The number of ether oxygens (including phenoxy) is 1. The minimum Gasteiger partial charge on any atom is -0.378 e. The molecule has 1 saturated heterocycles. The molecule has 3 N–H and O–H groups in total. The number of aromatic nitrogens is 1. The lowest BCUT2D eigenvalue weighted by atomic mass is 10.1. The minimum atomic E-state index is -4.00. The van der Waals surface area contributed by atoms with E-state index in [1.807, 2.05) is 5.38 Å². The second-order valence-electron chi connectivity index (χ2n) is 9.09. The molecule has 10 nitrogen and oxygen atoms in total. The van der Waals surface area contributed by atoms with Crippen molar-refractivity contribution in [1.82, 2.24) is 15.2 Å². The molecule has 42 heavy (non-hydrogen) atoms. The standard InChI is InChI=1S/C23H26FN5O2S.C6H6O3S/c1-25-22(30)26-9-10-29-21(16-32-23(29)27-19-4-2-3-18(24)15-19)17-5-7-20(8-6-17)28-11-13-31-14-12-28;7-10(8,9)6-4-2-1-3-5-6/h2-8,15-16H,9-14H2,1H3,(H2,25,26,30);1-5H,(H,7,8,9)/b27-23-;.